The van der Waals surface area contributed by atoms with Crippen LogP contribution in [0.25, 0.3) is 0 Å². The van der Waals surface area contributed by atoms with Gasteiger partial charge in [0.15, 0.2) is 0 Å². The summed E-state index contributed by atoms with van der Waals surface area (Å²) in [6.07, 6.45) is 5.63. The van der Waals surface area contributed by atoms with Crippen molar-refractivity contribution >= 4 is 15.6 Å². The Morgan fingerprint density at radius 2 is 1.36 bits per heavy atom. The fourth-order valence-electron chi connectivity index (χ4n) is 1.43. The van der Waals surface area contributed by atoms with Gasteiger partial charge in [-0.1, -0.05) is 46.5 Å². The highest BCUT2D eigenvalue weighted by Gasteiger charge is 2.16. The predicted octanol–water partition coefficient (Wildman–Crippen LogP) is 3.21. The number of hydrogen-bond donors (Lipinski definition) is 4. The number of rotatable bonds is 11. The van der Waals surface area contributed by atoms with Crippen molar-refractivity contribution in [3.8, 4) is 0 Å². The molecular weight excluding hydrogens is 334 g/mol. The Bertz CT molecular complexity index is 338. The number of hydrogen-bond acceptors (Lipinski definition) is 4. The zero-order valence-electron chi connectivity index (χ0n) is 13.6. The minimum Gasteiger partial charge on any atom is -0.303 e. The van der Waals surface area contributed by atoms with Gasteiger partial charge in [0.25, 0.3) is 0 Å². The molecule has 0 aliphatic rings. The van der Waals surface area contributed by atoms with Crippen LogP contribution in [-0.2, 0) is 18.2 Å². The molecule has 0 aliphatic carbocycles. The third kappa shape index (κ3) is 22.5. The second-order valence-electron chi connectivity index (χ2n) is 4.88. The van der Waals surface area contributed by atoms with Crippen molar-refractivity contribution in [2.24, 2.45) is 5.92 Å². The van der Waals surface area contributed by atoms with E-state index >= 15 is 0 Å². The lowest BCUT2D eigenvalue weighted by Crippen LogP contribution is -2.07. The molecule has 0 fully saturated rings. The molecule has 0 spiro atoms. The lowest BCUT2D eigenvalue weighted by atomic mass is 10.0. The van der Waals surface area contributed by atoms with Crippen LogP contribution in [0, 0.1) is 5.92 Å². The molecular formula is C12H30O8P2. The van der Waals surface area contributed by atoms with Crippen molar-refractivity contribution in [2.75, 3.05) is 13.2 Å². The predicted molar refractivity (Wildman–Crippen MR) is 84.2 cm³/mol. The van der Waals surface area contributed by atoms with Crippen LogP contribution in [-0.4, -0.2) is 32.8 Å². The Morgan fingerprint density at radius 3 is 1.73 bits per heavy atom. The van der Waals surface area contributed by atoms with Gasteiger partial charge in [-0.15, -0.1) is 0 Å². The van der Waals surface area contributed by atoms with Crippen molar-refractivity contribution in [1.29, 1.82) is 0 Å². The van der Waals surface area contributed by atoms with Crippen molar-refractivity contribution in [3.63, 3.8) is 0 Å². The molecule has 0 aromatic rings. The topological polar surface area (TPSA) is 134 Å². The van der Waals surface area contributed by atoms with Crippen LogP contribution in [0.5, 0.6) is 0 Å². The Balaban J connectivity index is 0. The minimum atomic E-state index is -4.26. The molecule has 8 nitrogen and oxygen atoms in total. The van der Waals surface area contributed by atoms with E-state index in [1.165, 1.54) is 0 Å². The van der Waals surface area contributed by atoms with E-state index in [0.717, 1.165) is 32.1 Å². The van der Waals surface area contributed by atoms with Crippen LogP contribution in [0.4, 0.5) is 0 Å². The molecule has 1 atom stereocenters. The lowest BCUT2D eigenvalue weighted by molar-refractivity contribution is 0.161. The van der Waals surface area contributed by atoms with E-state index in [0.29, 0.717) is 6.42 Å². The molecule has 0 rings (SSSR count). The Hall–Kier alpha value is 0.220. The van der Waals surface area contributed by atoms with Gasteiger partial charge in [0.05, 0.1) is 13.2 Å². The quantitative estimate of drug-likeness (QED) is 0.324. The Morgan fingerprint density at radius 1 is 0.864 bits per heavy atom. The average molecular weight is 364 g/mol. The van der Waals surface area contributed by atoms with E-state index < -0.39 is 15.6 Å². The van der Waals surface area contributed by atoms with Crippen molar-refractivity contribution < 1.29 is 37.8 Å². The zero-order chi connectivity index (χ0) is 17.6. The van der Waals surface area contributed by atoms with E-state index in [9.17, 15) is 9.13 Å². The van der Waals surface area contributed by atoms with Crippen molar-refractivity contribution in [2.45, 2.75) is 59.3 Å². The van der Waals surface area contributed by atoms with Gasteiger partial charge in [0, 0.05) is 0 Å². The summed E-state index contributed by atoms with van der Waals surface area (Å²) in [6, 6.07) is 0. The number of phosphoric acid groups is 2. The summed E-state index contributed by atoms with van der Waals surface area (Å²) in [7, 11) is -8.46. The van der Waals surface area contributed by atoms with E-state index in [1.807, 2.05) is 13.8 Å². The molecule has 10 heteroatoms. The highest BCUT2D eigenvalue weighted by molar-refractivity contribution is 7.46. The summed E-state index contributed by atoms with van der Waals surface area (Å²) in [5, 5.41) is 0. The van der Waals surface area contributed by atoms with Gasteiger partial charge in [0.2, 0.25) is 0 Å². The van der Waals surface area contributed by atoms with Gasteiger partial charge < -0.3 is 19.6 Å². The highest BCUT2D eigenvalue weighted by atomic mass is 31.2. The molecule has 0 saturated heterocycles. The maximum Gasteiger partial charge on any atom is 0.469 e. The first kappa shape index (κ1) is 24.5. The molecule has 0 amide bonds. The monoisotopic (exact) mass is 364 g/mol. The number of unbranched alkanes of at least 4 members (excludes halogenated alkanes) is 2. The summed E-state index contributed by atoms with van der Waals surface area (Å²) in [5.41, 5.74) is 0. The molecule has 1 unspecified atom stereocenters. The molecule has 0 heterocycles. The Labute approximate surface area is 132 Å². The largest absolute Gasteiger partial charge is 0.469 e. The van der Waals surface area contributed by atoms with Gasteiger partial charge in [-0.05, 0) is 18.8 Å². The molecule has 0 aromatic heterocycles. The summed E-state index contributed by atoms with van der Waals surface area (Å²) >= 11 is 0. The maximum atomic E-state index is 10.4. The highest BCUT2D eigenvalue weighted by Crippen LogP contribution is 2.37. The van der Waals surface area contributed by atoms with E-state index in [-0.39, 0.29) is 19.1 Å². The summed E-state index contributed by atoms with van der Waals surface area (Å²) in [4.78, 5) is 33.2. The first-order valence-electron chi connectivity index (χ1n) is 7.45. The summed E-state index contributed by atoms with van der Waals surface area (Å²) in [6.45, 7) is 6.32. The fraction of sp³-hybridized carbons (Fsp3) is 1.00. The fourth-order valence-corrected chi connectivity index (χ4v) is 2.20. The summed E-state index contributed by atoms with van der Waals surface area (Å²) in [5.74, 6) is 0.271. The SMILES string of the molecule is CCCCC(CC)COP(=O)(O)O.CCCCOP(=O)(O)O. The van der Waals surface area contributed by atoms with Crippen LogP contribution < -0.4 is 0 Å². The average Bonchev–Trinajstić information content (AvgIpc) is 2.37. The van der Waals surface area contributed by atoms with Gasteiger partial charge in [0.1, 0.15) is 0 Å². The molecule has 0 radical (unpaired) electrons. The van der Waals surface area contributed by atoms with Crippen LogP contribution in [0.1, 0.15) is 59.3 Å². The standard InChI is InChI=1S/C8H19O4P.C4H11O4P/c1-3-5-6-8(4-2)7-12-13(9,10)11;1-2-3-4-8-9(5,6)7/h8H,3-7H2,1-2H3,(H2,9,10,11);2-4H2,1H3,(H2,5,6,7). The van der Waals surface area contributed by atoms with E-state index in [2.05, 4.69) is 16.0 Å². The second kappa shape index (κ2) is 13.6. The normalized spacial score (nSPS) is 13.4. The van der Waals surface area contributed by atoms with Crippen LogP contribution >= 0.6 is 15.6 Å². The zero-order valence-corrected chi connectivity index (χ0v) is 15.3. The molecule has 22 heavy (non-hydrogen) atoms. The van der Waals surface area contributed by atoms with Crippen molar-refractivity contribution in [3.05, 3.63) is 0 Å². The molecule has 0 saturated carbocycles. The first-order chi connectivity index (χ1) is 10.1. The Kier molecular flexibility index (Phi) is 15.2. The van der Waals surface area contributed by atoms with Crippen LogP contribution in [0.15, 0.2) is 0 Å². The summed E-state index contributed by atoms with van der Waals surface area (Å²) < 4.78 is 29.0. The van der Waals surface area contributed by atoms with Gasteiger partial charge >= 0.3 is 15.6 Å². The molecule has 136 valence electrons. The number of phosphoric ester groups is 2. The molecule has 0 bridgehead atoms. The maximum absolute atomic E-state index is 10.4. The molecule has 0 aliphatic heterocycles. The van der Waals surface area contributed by atoms with Gasteiger partial charge in [-0.2, -0.15) is 0 Å². The van der Waals surface area contributed by atoms with E-state index in [1.54, 1.807) is 0 Å². The smallest absolute Gasteiger partial charge is 0.303 e. The molecule has 0 aromatic carbocycles. The second-order valence-corrected chi connectivity index (χ2v) is 7.36. The third-order valence-corrected chi connectivity index (χ3v) is 3.78. The lowest BCUT2D eigenvalue weighted by Gasteiger charge is -2.14. The van der Waals surface area contributed by atoms with E-state index in [4.69, 9.17) is 19.6 Å². The minimum absolute atomic E-state index is 0.140. The van der Waals surface area contributed by atoms with Gasteiger partial charge in [-0.3, -0.25) is 9.05 Å². The third-order valence-electron chi connectivity index (χ3n) is 2.78. The first-order valence-corrected chi connectivity index (χ1v) is 10.5. The van der Waals surface area contributed by atoms with Crippen LogP contribution in [0.3, 0.4) is 0 Å². The van der Waals surface area contributed by atoms with Crippen LogP contribution in [0.2, 0.25) is 0 Å². The van der Waals surface area contributed by atoms with Gasteiger partial charge in [-0.25, -0.2) is 9.13 Å². The van der Waals surface area contributed by atoms with Crippen molar-refractivity contribution in [1.82, 2.24) is 0 Å². The molecule has 4 N–H and O–H groups in total.